The zero-order valence-electron chi connectivity index (χ0n) is 19.7. The number of fused-ring (bicyclic) bond motifs is 1. The highest BCUT2D eigenvalue weighted by Gasteiger charge is 2.28. The van der Waals surface area contributed by atoms with Crippen LogP contribution in [0.5, 0.6) is 0 Å². The van der Waals surface area contributed by atoms with Crippen molar-refractivity contribution in [1.82, 2.24) is 24.3 Å². The van der Waals surface area contributed by atoms with Crippen molar-refractivity contribution in [2.24, 2.45) is 0 Å². The Balaban J connectivity index is 1.47. The first-order valence-corrected chi connectivity index (χ1v) is 11.5. The number of piperazine rings is 1. The fourth-order valence-corrected chi connectivity index (χ4v) is 4.53. The summed E-state index contributed by atoms with van der Waals surface area (Å²) in [4.78, 5) is 15.8. The van der Waals surface area contributed by atoms with E-state index in [0.717, 1.165) is 21.5 Å². The van der Waals surface area contributed by atoms with Crippen LogP contribution < -0.4 is 4.90 Å². The maximum absolute atomic E-state index is 12.8. The van der Waals surface area contributed by atoms with E-state index in [-0.39, 0.29) is 5.91 Å². The molecule has 4 heterocycles. The average Bonchev–Trinajstić information content (AvgIpc) is 3.53. The van der Waals surface area contributed by atoms with E-state index in [0.29, 0.717) is 48.4 Å². The van der Waals surface area contributed by atoms with Crippen LogP contribution in [0.15, 0.2) is 67.8 Å². The Morgan fingerprint density at radius 2 is 1.76 bits per heavy atom. The van der Waals surface area contributed by atoms with Crippen molar-refractivity contribution in [3.05, 3.63) is 73.3 Å². The molecule has 37 heavy (non-hydrogen) atoms. The Kier molecular flexibility index (Phi) is 6.17. The van der Waals surface area contributed by atoms with Gasteiger partial charge in [-0.15, -0.1) is 0 Å². The second kappa shape index (κ2) is 9.46. The van der Waals surface area contributed by atoms with Crippen LogP contribution in [0.1, 0.15) is 5.56 Å². The standard InChI is InChI=1S/C26H22F3N7O/c1-2-24(37)34-9-7-33(8-10-34)22-5-3-18(4-6-22)23-11-19(16-36-25(23)20(12-30)13-32-36)21-14-31-35(15-21)17-26(27,28)29/h2-6,11,13-16H,1,7-10,17H2. The molecule has 0 N–H and O–H groups in total. The molecule has 188 valence electrons. The van der Waals surface area contributed by atoms with Crippen molar-refractivity contribution in [3.8, 4) is 28.3 Å². The normalized spacial score (nSPS) is 14.1. The molecule has 0 radical (unpaired) electrons. The number of pyridine rings is 1. The SMILES string of the molecule is C=CC(=O)N1CCN(c2ccc(-c3cc(-c4cnn(CC(F)(F)F)c4)cn4ncc(C#N)c34)cc2)CC1. The lowest BCUT2D eigenvalue weighted by Gasteiger charge is -2.35. The zero-order valence-corrected chi connectivity index (χ0v) is 19.7. The number of nitrogens with zero attached hydrogens (tertiary/aromatic N) is 7. The molecule has 5 rings (SSSR count). The molecular formula is C26H22F3N7O. The number of carbonyl (C=O) groups is 1. The Labute approximate surface area is 210 Å². The van der Waals surface area contributed by atoms with Gasteiger partial charge in [-0.05, 0) is 29.8 Å². The van der Waals surface area contributed by atoms with Gasteiger partial charge in [-0.25, -0.2) is 4.52 Å². The first-order valence-electron chi connectivity index (χ1n) is 11.5. The second-order valence-corrected chi connectivity index (χ2v) is 8.71. The fourth-order valence-electron chi connectivity index (χ4n) is 4.53. The van der Waals surface area contributed by atoms with Gasteiger partial charge in [0.1, 0.15) is 12.6 Å². The van der Waals surface area contributed by atoms with Crippen LogP contribution in [0.25, 0.3) is 27.8 Å². The van der Waals surface area contributed by atoms with Gasteiger partial charge in [0.25, 0.3) is 0 Å². The van der Waals surface area contributed by atoms with Crippen molar-refractivity contribution in [2.75, 3.05) is 31.1 Å². The number of amides is 1. The molecular weight excluding hydrogens is 483 g/mol. The highest BCUT2D eigenvalue weighted by Crippen LogP contribution is 2.33. The van der Waals surface area contributed by atoms with E-state index in [1.807, 2.05) is 30.3 Å². The number of nitriles is 1. The number of anilines is 1. The lowest BCUT2D eigenvalue weighted by molar-refractivity contribution is -0.142. The number of alkyl halides is 3. The molecule has 4 aromatic rings. The number of carbonyl (C=O) groups excluding carboxylic acids is 1. The first kappa shape index (κ1) is 24.1. The molecule has 0 atom stereocenters. The monoisotopic (exact) mass is 505 g/mol. The van der Waals surface area contributed by atoms with E-state index in [4.69, 9.17) is 0 Å². The van der Waals surface area contributed by atoms with Crippen molar-refractivity contribution in [3.63, 3.8) is 0 Å². The molecule has 0 bridgehead atoms. The van der Waals surface area contributed by atoms with E-state index < -0.39 is 12.7 Å². The molecule has 0 aliphatic carbocycles. The van der Waals surface area contributed by atoms with Crippen LogP contribution in [0.2, 0.25) is 0 Å². The topological polar surface area (TPSA) is 82.5 Å². The Bertz CT molecular complexity index is 1500. The number of benzene rings is 1. The maximum atomic E-state index is 12.8. The number of aromatic nitrogens is 4. The van der Waals surface area contributed by atoms with Crippen molar-refractivity contribution < 1.29 is 18.0 Å². The van der Waals surface area contributed by atoms with E-state index in [9.17, 15) is 23.2 Å². The largest absolute Gasteiger partial charge is 0.408 e. The van der Waals surface area contributed by atoms with Gasteiger partial charge in [-0.2, -0.15) is 28.6 Å². The van der Waals surface area contributed by atoms with E-state index in [1.165, 1.54) is 24.7 Å². The summed E-state index contributed by atoms with van der Waals surface area (Å²) in [5, 5.41) is 17.8. The Hall–Kier alpha value is -4.59. The predicted molar refractivity (Wildman–Crippen MR) is 132 cm³/mol. The van der Waals surface area contributed by atoms with Gasteiger partial charge in [0.2, 0.25) is 5.91 Å². The van der Waals surface area contributed by atoms with E-state index in [2.05, 4.69) is 27.7 Å². The number of hydrogen-bond donors (Lipinski definition) is 0. The van der Waals surface area contributed by atoms with Gasteiger partial charge in [0.15, 0.2) is 0 Å². The second-order valence-electron chi connectivity index (χ2n) is 8.71. The summed E-state index contributed by atoms with van der Waals surface area (Å²) >= 11 is 0. The quantitative estimate of drug-likeness (QED) is 0.381. The summed E-state index contributed by atoms with van der Waals surface area (Å²) in [6.07, 6.45) is 2.81. The fraction of sp³-hybridized carbons (Fsp3) is 0.231. The summed E-state index contributed by atoms with van der Waals surface area (Å²) in [7, 11) is 0. The molecule has 0 unspecified atom stereocenters. The summed E-state index contributed by atoms with van der Waals surface area (Å²) in [6, 6.07) is 11.8. The van der Waals surface area contributed by atoms with Gasteiger partial charge in [0, 0.05) is 61.0 Å². The van der Waals surface area contributed by atoms with Gasteiger partial charge < -0.3 is 9.80 Å². The highest BCUT2D eigenvalue weighted by atomic mass is 19.4. The van der Waals surface area contributed by atoms with Crippen LogP contribution >= 0.6 is 0 Å². The third-order valence-electron chi connectivity index (χ3n) is 6.35. The summed E-state index contributed by atoms with van der Waals surface area (Å²) in [5.41, 5.74) is 4.68. The van der Waals surface area contributed by atoms with E-state index >= 15 is 0 Å². The lowest BCUT2D eigenvalue weighted by Crippen LogP contribution is -2.48. The maximum Gasteiger partial charge on any atom is 0.408 e. The zero-order chi connectivity index (χ0) is 26.2. The molecule has 1 amide bonds. The molecule has 1 aromatic carbocycles. The molecule has 1 fully saturated rings. The highest BCUT2D eigenvalue weighted by molar-refractivity contribution is 5.88. The molecule has 1 aliphatic heterocycles. The van der Waals surface area contributed by atoms with Crippen LogP contribution in [0, 0.1) is 11.3 Å². The van der Waals surface area contributed by atoms with Gasteiger partial charge in [-0.3, -0.25) is 9.48 Å². The lowest BCUT2D eigenvalue weighted by atomic mass is 9.99. The van der Waals surface area contributed by atoms with Gasteiger partial charge in [0.05, 0.1) is 23.5 Å². The predicted octanol–water partition coefficient (Wildman–Crippen LogP) is 4.13. The minimum absolute atomic E-state index is 0.0723. The minimum Gasteiger partial charge on any atom is -0.368 e. The number of rotatable bonds is 5. The van der Waals surface area contributed by atoms with Crippen molar-refractivity contribution >= 4 is 17.1 Å². The van der Waals surface area contributed by atoms with Crippen molar-refractivity contribution in [1.29, 1.82) is 5.26 Å². The van der Waals surface area contributed by atoms with Gasteiger partial charge in [-0.1, -0.05) is 18.7 Å². The Morgan fingerprint density at radius 3 is 2.41 bits per heavy atom. The Morgan fingerprint density at radius 1 is 1.03 bits per heavy atom. The first-order chi connectivity index (χ1) is 17.8. The summed E-state index contributed by atoms with van der Waals surface area (Å²) in [5.74, 6) is -0.0723. The van der Waals surface area contributed by atoms with E-state index in [1.54, 1.807) is 15.6 Å². The van der Waals surface area contributed by atoms with Crippen LogP contribution in [-0.2, 0) is 11.3 Å². The van der Waals surface area contributed by atoms with Crippen LogP contribution in [0.3, 0.4) is 0 Å². The smallest absolute Gasteiger partial charge is 0.368 e. The molecule has 0 spiro atoms. The minimum atomic E-state index is -4.38. The molecule has 1 saturated heterocycles. The molecule has 11 heteroatoms. The third kappa shape index (κ3) is 4.91. The average molecular weight is 506 g/mol. The summed E-state index contributed by atoms with van der Waals surface area (Å²) in [6.45, 7) is 4.97. The third-order valence-corrected chi connectivity index (χ3v) is 6.35. The summed E-state index contributed by atoms with van der Waals surface area (Å²) < 4.78 is 40.8. The molecule has 0 saturated carbocycles. The van der Waals surface area contributed by atoms with Crippen LogP contribution in [-0.4, -0.2) is 62.6 Å². The van der Waals surface area contributed by atoms with Gasteiger partial charge >= 0.3 is 6.18 Å². The molecule has 3 aromatic heterocycles. The number of hydrogen-bond acceptors (Lipinski definition) is 5. The molecule has 8 nitrogen and oxygen atoms in total. The molecule has 1 aliphatic rings. The number of halogens is 3. The van der Waals surface area contributed by atoms with Crippen molar-refractivity contribution in [2.45, 2.75) is 12.7 Å². The van der Waals surface area contributed by atoms with Crippen LogP contribution in [0.4, 0.5) is 18.9 Å².